The zero-order valence-electron chi connectivity index (χ0n) is 10.8. The van der Waals surface area contributed by atoms with E-state index in [-0.39, 0.29) is 0 Å². The molecule has 0 radical (unpaired) electrons. The third-order valence-corrected chi connectivity index (χ3v) is 2.56. The average Bonchev–Trinajstić information content (AvgIpc) is 2.47. The molecule has 19 heavy (non-hydrogen) atoms. The third kappa shape index (κ3) is 2.77. The maximum atomic E-state index is 8.99. The van der Waals surface area contributed by atoms with Crippen LogP contribution in [-0.2, 0) is 0 Å². The zero-order valence-corrected chi connectivity index (χ0v) is 10.8. The SMILES string of the molecule is CCNc1cc(-c2cnc(NC)cn2)cnc1C#N. The van der Waals surface area contributed by atoms with Gasteiger partial charge in [0, 0.05) is 25.4 Å². The van der Waals surface area contributed by atoms with Gasteiger partial charge in [-0.25, -0.2) is 9.97 Å². The van der Waals surface area contributed by atoms with Crippen molar-refractivity contribution >= 4 is 11.5 Å². The van der Waals surface area contributed by atoms with Crippen LogP contribution in [0.4, 0.5) is 11.5 Å². The van der Waals surface area contributed by atoms with E-state index in [1.54, 1.807) is 25.6 Å². The first kappa shape index (κ1) is 12.8. The number of nitrogens with zero attached hydrogens (tertiary/aromatic N) is 4. The summed E-state index contributed by atoms with van der Waals surface area (Å²) in [5.74, 6) is 0.706. The van der Waals surface area contributed by atoms with Gasteiger partial charge in [-0.1, -0.05) is 0 Å². The van der Waals surface area contributed by atoms with Gasteiger partial charge in [-0.3, -0.25) is 4.98 Å². The molecule has 96 valence electrons. The molecule has 2 aromatic heterocycles. The highest BCUT2D eigenvalue weighted by molar-refractivity contribution is 5.67. The van der Waals surface area contributed by atoms with Crippen molar-refractivity contribution in [3.63, 3.8) is 0 Å². The Balaban J connectivity index is 2.39. The molecule has 6 heteroatoms. The van der Waals surface area contributed by atoms with Gasteiger partial charge in [0.15, 0.2) is 5.69 Å². The minimum Gasteiger partial charge on any atom is -0.383 e. The van der Waals surface area contributed by atoms with Gasteiger partial charge in [0.05, 0.1) is 23.8 Å². The number of hydrogen-bond donors (Lipinski definition) is 2. The zero-order chi connectivity index (χ0) is 13.7. The molecule has 0 spiro atoms. The second-order valence-corrected chi connectivity index (χ2v) is 3.80. The lowest BCUT2D eigenvalue weighted by atomic mass is 10.1. The Morgan fingerprint density at radius 1 is 1.21 bits per heavy atom. The summed E-state index contributed by atoms with van der Waals surface area (Å²) in [7, 11) is 1.79. The number of nitriles is 1. The second-order valence-electron chi connectivity index (χ2n) is 3.80. The van der Waals surface area contributed by atoms with Crippen LogP contribution >= 0.6 is 0 Å². The Kier molecular flexibility index (Phi) is 3.88. The van der Waals surface area contributed by atoms with Crippen molar-refractivity contribution in [1.82, 2.24) is 15.0 Å². The second kappa shape index (κ2) is 5.78. The van der Waals surface area contributed by atoms with Crippen LogP contribution in [0.2, 0.25) is 0 Å². The predicted molar refractivity (Wildman–Crippen MR) is 73.7 cm³/mol. The minimum atomic E-state index is 0.380. The van der Waals surface area contributed by atoms with Gasteiger partial charge in [-0.05, 0) is 13.0 Å². The highest BCUT2D eigenvalue weighted by Crippen LogP contribution is 2.22. The quantitative estimate of drug-likeness (QED) is 0.866. The van der Waals surface area contributed by atoms with Crippen LogP contribution in [0.3, 0.4) is 0 Å². The molecule has 2 rings (SSSR count). The highest BCUT2D eigenvalue weighted by Gasteiger charge is 2.07. The molecule has 0 unspecified atom stereocenters. The molecule has 2 aromatic rings. The molecular weight excluding hydrogens is 240 g/mol. The van der Waals surface area contributed by atoms with Crippen molar-refractivity contribution in [2.24, 2.45) is 0 Å². The maximum absolute atomic E-state index is 8.99. The number of hydrogen-bond acceptors (Lipinski definition) is 6. The van der Waals surface area contributed by atoms with Crippen molar-refractivity contribution in [3.05, 3.63) is 30.4 Å². The summed E-state index contributed by atoms with van der Waals surface area (Å²) in [4.78, 5) is 12.6. The molecule has 0 saturated carbocycles. The first-order chi connectivity index (χ1) is 9.28. The molecule has 0 aromatic carbocycles. The van der Waals surface area contributed by atoms with E-state index in [0.29, 0.717) is 17.2 Å². The van der Waals surface area contributed by atoms with Gasteiger partial charge in [0.1, 0.15) is 11.9 Å². The summed E-state index contributed by atoms with van der Waals surface area (Å²) in [5.41, 5.74) is 2.63. The van der Waals surface area contributed by atoms with E-state index in [4.69, 9.17) is 5.26 Å². The smallest absolute Gasteiger partial charge is 0.163 e. The summed E-state index contributed by atoms with van der Waals surface area (Å²) >= 11 is 0. The first-order valence-electron chi connectivity index (χ1n) is 5.92. The van der Waals surface area contributed by atoms with Crippen LogP contribution in [0.5, 0.6) is 0 Å². The number of nitrogens with one attached hydrogen (secondary N) is 2. The number of aromatic nitrogens is 3. The molecule has 0 fully saturated rings. The fourth-order valence-electron chi connectivity index (χ4n) is 1.63. The number of pyridine rings is 1. The van der Waals surface area contributed by atoms with Crippen molar-refractivity contribution in [2.45, 2.75) is 6.92 Å². The van der Waals surface area contributed by atoms with Crippen molar-refractivity contribution in [1.29, 1.82) is 5.26 Å². The Morgan fingerprint density at radius 3 is 2.63 bits per heavy atom. The summed E-state index contributed by atoms with van der Waals surface area (Å²) in [6.07, 6.45) is 4.95. The van der Waals surface area contributed by atoms with Crippen LogP contribution in [-0.4, -0.2) is 28.5 Å². The standard InChI is InChI=1S/C13H14N6/c1-3-16-10-4-9(6-17-11(10)5-14)12-7-19-13(15-2)8-18-12/h4,6-8,16H,3H2,1-2H3,(H,15,19). The van der Waals surface area contributed by atoms with E-state index in [1.165, 1.54) is 0 Å². The van der Waals surface area contributed by atoms with E-state index >= 15 is 0 Å². The average molecular weight is 254 g/mol. The summed E-state index contributed by atoms with van der Waals surface area (Å²) in [6, 6.07) is 3.92. The largest absolute Gasteiger partial charge is 0.383 e. The molecule has 2 N–H and O–H groups in total. The van der Waals surface area contributed by atoms with E-state index in [2.05, 4.69) is 31.7 Å². The van der Waals surface area contributed by atoms with Crippen molar-refractivity contribution in [3.8, 4) is 17.3 Å². The number of rotatable bonds is 4. The molecular formula is C13H14N6. The van der Waals surface area contributed by atoms with Gasteiger partial charge < -0.3 is 10.6 Å². The lowest BCUT2D eigenvalue weighted by Gasteiger charge is -2.07. The fraction of sp³-hybridized carbons (Fsp3) is 0.231. The predicted octanol–water partition coefficient (Wildman–Crippen LogP) is 1.88. The minimum absolute atomic E-state index is 0.380. The topological polar surface area (TPSA) is 86.5 Å². The van der Waals surface area contributed by atoms with E-state index < -0.39 is 0 Å². The molecule has 0 saturated heterocycles. The molecule has 6 nitrogen and oxygen atoms in total. The lowest BCUT2D eigenvalue weighted by molar-refractivity contribution is 1.16. The molecule has 0 atom stereocenters. The fourth-order valence-corrected chi connectivity index (χ4v) is 1.63. The summed E-state index contributed by atoms with van der Waals surface area (Å²) in [5, 5.41) is 15.0. The van der Waals surface area contributed by atoms with E-state index in [0.717, 1.165) is 17.8 Å². The molecule has 0 amide bonds. The Bertz CT molecular complexity index is 600. The highest BCUT2D eigenvalue weighted by atomic mass is 15.0. The molecule has 0 aliphatic rings. The van der Waals surface area contributed by atoms with Crippen molar-refractivity contribution < 1.29 is 0 Å². The van der Waals surface area contributed by atoms with Gasteiger partial charge in [0.25, 0.3) is 0 Å². The molecule has 2 heterocycles. The van der Waals surface area contributed by atoms with Crippen LogP contribution < -0.4 is 10.6 Å². The van der Waals surface area contributed by atoms with E-state index in [1.807, 2.05) is 13.0 Å². The normalized spacial score (nSPS) is 9.74. The van der Waals surface area contributed by atoms with Crippen molar-refractivity contribution in [2.75, 3.05) is 24.2 Å². The summed E-state index contributed by atoms with van der Waals surface area (Å²) < 4.78 is 0. The van der Waals surface area contributed by atoms with Crippen LogP contribution in [0, 0.1) is 11.3 Å². The third-order valence-electron chi connectivity index (χ3n) is 2.56. The molecule has 0 bridgehead atoms. The molecule has 0 aliphatic carbocycles. The van der Waals surface area contributed by atoms with Crippen LogP contribution in [0.15, 0.2) is 24.7 Å². The van der Waals surface area contributed by atoms with E-state index in [9.17, 15) is 0 Å². The Hall–Kier alpha value is -2.68. The summed E-state index contributed by atoms with van der Waals surface area (Å²) in [6.45, 7) is 2.69. The van der Waals surface area contributed by atoms with Gasteiger partial charge in [0.2, 0.25) is 0 Å². The lowest BCUT2D eigenvalue weighted by Crippen LogP contribution is -2.01. The van der Waals surface area contributed by atoms with Gasteiger partial charge in [-0.15, -0.1) is 0 Å². The molecule has 0 aliphatic heterocycles. The Labute approximate surface area is 111 Å². The maximum Gasteiger partial charge on any atom is 0.163 e. The van der Waals surface area contributed by atoms with Gasteiger partial charge >= 0.3 is 0 Å². The number of anilines is 2. The monoisotopic (exact) mass is 254 g/mol. The van der Waals surface area contributed by atoms with Gasteiger partial charge in [-0.2, -0.15) is 5.26 Å². The van der Waals surface area contributed by atoms with Crippen LogP contribution in [0.1, 0.15) is 12.6 Å². The van der Waals surface area contributed by atoms with Crippen LogP contribution in [0.25, 0.3) is 11.3 Å². The first-order valence-corrected chi connectivity index (χ1v) is 5.92. The Morgan fingerprint density at radius 2 is 2.05 bits per heavy atom.